The van der Waals surface area contributed by atoms with Gasteiger partial charge in [-0.15, -0.1) is 0 Å². The van der Waals surface area contributed by atoms with Crippen LogP contribution in [0.25, 0.3) is 54.6 Å². The number of nitrogens with zero attached hydrogens (tertiary/aromatic N) is 2. The second-order valence-electron chi connectivity index (χ2n) is 19.7. The molecule has 0 saturated heterocycles. The summed E-state index contributed by atoms with van der Waals surface area (Å²) >= 11 is 0. The van der Waals surface area contributed by atoms with Crippen molar-refractivity contribution >= 4 is 66.4 Å². The van der Waals surface area contributed by atoms with Crippen molar-refractivity contribution in [3.8, 4) is 22.3 Å². The van der Waals surface area contributed by atoms with Gasteiger partial charge in [0.25, 0.3) is 0 Å². The minimum atomic E-state index is -0.587. The van der Waals surface area contributed by atoms with Gasteiger partial charge in [0.1, 0.15) is 0 Å². The van der Waals surface area contributed by atoms with E-state index in [0.717, 1.165) is 22.7 Å². The van der Waals surface area contributed by atoms with Crippen LogP contribution in [0.2, 0.25) is 0 Å². The third-order valence-electron chi connectivity index (χ3n) is 15.3. The summed E-state index contributed by atoms with van der Waals surface area (Å²) in [5.41, 5.74) is 24.5. The van der Waals surface area contributed by atoms with Gasteiger partial charge in [-0.3, -0.25) is 0 Å². The highest BCUT2D eigenvalue weighted by atomic mass is 15.1. The molecule has 0 saturated carbocycles. The van der Waals surface area contributed by atoms with Crippen LogP contribution in [0.3, 0.4) is 0 Å². The molecule has 11 aromatic rings. The fourth-order valence-corrected chi connectivity index (χ4v) is 12.0. The Morgan fingerprint density at radius 3 is 1.32 bits per heavy atom. The van der Waals surface area contributed by atoms with E-state index in [1.165, 1.54) is 122 Å². The number of anilines is 6. The molecule has 0 N–H and O–H groups in total. The van der Waals surface area contributed by atoms with Gasteiger partial charge in [0.15, 0.2) is 0 Å². The summed E-state index contributed by atoms with van der Waals surface area (Å²) in [6, 6.07) is 78.5. The van der Waals surface area contributed by atoms with Crippen LogP contribution in [0.1, 0.15) is 55.6 Å². The van der Waals surface area contributed by atoms with Gasteiger partial charge in [-0.2, -0.15) is 0 Å². The highest BCUT2D eigenvalue weighted by Gasteiger charge is 2.53. The number of aryl methyl sites for hydroxylation is 6. The maximum Gasteiger partial charge on any atom is 0.0737 e. The molecule has 2 aliphatic rings. The fourth-order valence-electron chi connectivity index (χ4n) is 12.0. The van der Waals surface area contributed by atoms with E-state index in [2.05, 4.69) is 258 Å². The lowest BCUT2D eigenvalue weighted by Gasteiger charge is -2.33. The Hall–Kier alpha value is -8.20. The van der Waals surface area contributed by atoms with E-state index in [4.69, 9.17) is 0 Å². The summed E-state index contributed by atoms with van der Waals surface area (Å²) in [6.07, 6.45) is 0. The molecule has 0 fully saturated rings. The molecule has 1 spiro atoms. The molecule has 13 rings (SSSR count). The Bertz CT molecular complexity index is 3720. The standard InChI is InChI=1S/C67H52N2/c1-41-17-26-50(27-18-41)68(62-37-43(3)15-21-45(62)5)52-30-34-55-48(39-52)23-32-57-58-33-24-49-40-53(69(51-28-19-42(2)20-29-51)63-38-44(4)16-22-46(63)6)31-35-56(49)66(58)67(65(55)57)60-14-10-9-13-59(60)64-54-12-8-7-11-47(54)25-36-61(64)67/h7-40H,1-6H3. The highest BCUT2D eigenvalue weighted by molar-refractivity contribution is 6.13. The first-order valence-corrected chi connectivity index (χ1v) is 24.3. The van der Waals surface area contributed by atoms with E-state index in [9.17, 15) is 0 Å². The molecule has 11 aromatic carbocycles. The lowest BCUT2D eigenvalue weighted by atomic mass is 9.68. The van der Waals surface area contributed by atoms with Gasteiger partial charge in [0.2, 0.25) is 0 Å². The molecule has 0 atom stereocenters. The monoisotopic (exact) mass is 884 g/mol. The zero-order valence-corrected chi connectivity index (χ0v) is 40.0. The molecule has 0 heterocycles. The molecule has 330 valence electrons. The summed E-state index contributed by atoms with van der Waals surface area (Å²) in [5.74, 6) is 0. The van der Waals surface area contributed by atoms with Crippen molar-refractivity contribution < 1.29 is 0 Å². The molecule has 69 heavy (non-hydrogen) atoms. The van der Waals surface area contributed by atoms with Crippen LogP contribution in [0.5, 0.6) is 0 Å². The highest BCUT2D eigenvalue weighted by Crippen LogP contribution is 2.66. The number of rotatable bonds is 6. The van der Waals surface area contributed by atoms with Crippen molar-refractivity contribution in [3.05, 3.63) is 262 Å². The van der Waals surface area contributed by atoms with Crippen molar-refractivity contribution in [2.75, 3.05) is 9.80 Å². The minimum absolute atomic E-state index is 0.587. The molecule has 2 aliphatic carbocycles. The third-order valence-corrected chi connectivity index (χ3v) is 15.3. The summed E-state index contributed by atoms with van der Waals surface area (Å²) in [6.45, 7) is 13.1. The minimum Gasteiger partial charge on any atom is -0.310 e. The second-order valence-corrected chi connectivity index (χ2v) is 19.7. The molecule has 2 nitrogen and oxygen atoms in total. The van der Waals surface area contributed by atoms with Crippen LogP contribution in [0.4, 0.5) is 34.1 Å². The van der Waals surface area contributed by atoms with Gasteiger partial charge in [-0.25, -0.2) is 0 Å². The van der Waals surface area contributed by atoms with Gasteiger partial charge >= 0.3 is 0 Å². The quantitative estimate of drug-likeness (QED) is 0.164. The van der Waals surface area contributed by atoms with E-state index in [0.29, 0.717) is 0 Å². The van der Waals surface area contributed by atoms with Crippen LogP contribution in [0, 0.1) is 41.5 Å². The Morgan fingerprint density at radius 1 is 0.304 bits per heavy atom. The van der Waals surface area contributed by atoms with Crippen LogP contribution in [-0.4, -0.2) is 0 Å². The Kier molecular flexibility index (Phi) is 9.17. The van der Waals surface area contributed by atoms with Crippen molar-refractivity contribution in [1.82, 2.24) is 0 Å². The number of fused-ring (bicyclic) bond motifs is 16. The first-order valence-electron chi connectivity index (χ1n) is 24.3. The molecule has 2 heteroatoms. The van der Waals surface area contributed by atoms with E-state index in [1.807, 2.05) is 0 Å². The third kappa shape index (κ3) is 6.11. The maximum absolute atomic E-state index is 2.45. The van der Waals surface area contributed by atoms with E-state index >= 15 is 0 Å². The van der Waals surface area contributed by atoms with Gasteiger partial charge in [-0.1, -0.05) is 157 Å². The van der Waals surface area contributed by atoms with Crippen molar-refractivity contribution in [3.63, 3.8) is 0 Å². The fraction of sp³-hybridized carbons (Fsp3) is 0.104. The number of hydrogen-bond donors (Lipinski definition) is 0. The van der Waals surface area contributed by atoms with Crippen LogP contribution >= 0.6 is 0 Å². The van der Waals surface area contributed by atoms with Crippen molar-refractivity contribution in [2.45, 2.75) is 47.0 Å². The smallest absolute Gasteiger partial charge is 0.0737 e. The zero-order chi connectivity index (χ0) is 46.7. The van der Waals surface area contributed by atoms with Crippen molar-refractivity contribution in [1.29, 1.82) is 0 Å². The predicted octanol–water partition coefficient (Wildman–Crippen LogP) is 18.3. The van der Waals surface area contributed by atoms with E-state index in [-0.39, 0.29) is 0 Å². The Morgan fingerprint density at radius 2 is 0.768 bits per heavy atom. The Balaban J connectivity index is 1.09. The van der Waals surface area contributed by atoms with Crippen LogP contribution < -0.4 is 9.80 Å². The normalized spacial score (nSPS) is 12.9. The zero-order valence-electron chi connectivity index (χ0n) is 40.0. The Labute approximate surface area is 405 Å². The lowest BCUT2D eigenvalue weighted by molar-refractivity contribution is 0.810. The summed E-state index contributed by atoms with van der Waals surface area (Å²) < 4.78 is 0. The van der Waals surface area contributed by atoms with Gasteiger partial charge < -0.3 is 9.80 Å². The molecular weight excluding hydrogens is 833 g/mol. The summed E-state index contributed by atoms with van der Waals surface area (Å²) in [5, 5.41) is 7.56. The molecule has 0 radical (unpaired) electrons. The first kappa shape index (κ1) is 41.0. The summed E-state index contributed by atoms with van der Waals surface area (Å²) in [7, 11) is 0. The molecule has 0 amide bonds. The van der Waals surface area contributed by atoms with Crippen molar-refractivity contribution in [2.24, 2.45) is 0 Å². The summed E-state index contributed by atoms with van der Waals surface area (Å²) in [4.78, 5) is 4.88. The molecular formula is C67H52N2. The average Bonchev–Trinajstić information content (AvgIpc) is 3.85. The van der Waals surface area contributed by atoms with Gasteiger partial charge in [0, 0.05) is 34.1 Å². The topological polar surface area (TPSA) is 6.48 Å². The number of benzene rings is 11. The second kappa shape index (κ2) is 15.4. The SMILES string of the molecule is Cc1ccc(N(c2ccc3c4c(ccc3c2)-c2ccc3cc(N(c5ccc(C)cc5)c5cc(C)ccc5C)ccc3c2C42c3ccccc3-c3c2ccc2ccccc32)c2cc(C)ccc2C)cc1. The van der Waals surface area contributed by atoms with E-state index < -0.39 is 5.41 Å². The molecule has 0 unspecified atom stereocenters. The average molecular weight is 885 g/mol. The lowest BCUT2D eigenvalue weighted by Crippen LogP contribution is -2.26. The molecule has 0 bridgehead atoms. The number of hydrogen-bond acceptors (Lipinski definition) is 2. The van der Waals surface area contributed by atoms with Gasteiger partial charge in [-0.05, 0) is 201 Å². The predicted molar refractivity (Wildman–Crippen MR) is 293 cm³/mol. The molecule has 0 aromatic heterocycles. The van der Waals surface area contributed by atoms with E-state index in [1.54, 1.807) is 0 Å². The van der Waals surface area contributed by atoms with Crippen LogP contribution in [0.15, 0.2) is 206 Å². The maximum atomic E-state index is 2.45. The molecule has 0 aliphatic heterocycles. The first-order chi connectivity index (χ1) is 33.7. The van der Waals surface area contributed by atoms with Crippen LogP contribution in [-0.2, 0) is 5.41 Å². The van der Waals surface area contributed by atoms with Gasteiger partial charge in [0.05, 0.1) is 5.41 Å². The largest absolute Gasteiger partial charge is 0.310 e.